The van der Waals surface area contributed by atoms with Crippen LogP contribution in [-0.4, -0.2) is 18.8 Å². The first-order chi connectivity index (χ1) is 8.17. The monoisotopic (exact) mass is 253 g/mol. The van der Waals surface area contributed by atoms with Crippen molar-refractivity contribution in [1.29, 1.82) is 0 Å². The maximum atomic E-state index is 6.02. The Bertz CT molecular complexity index is 355. The maximum absolute atomic E-state index is 6.02. The molecular formula is C14H23NOS. The predicted molar refractivity (Wildman–Crippen MR) is 73.7 cm³/mol. The van der Waals surface area contributed by atoms with Crippen molar-refractivity contribution >= 4 is 11.3 Å². The van der Waals surface area contributed by atoms with Crippen LogP contribution in [0.15, 0.2) is 11.4 Å². The molecule has 2 nitrogen and oxygen atoms in total. The van der Waals surface area contributed by atoms with Crippen LogP contribution in [0, 0.1) is 6.92 Å². The number of nitrogens with one attached hydrogen (secondary N) is 1. The van der Waals surface area contributed by atoms with Crippen molar-refractivity contribution in [2.24, 2.45) is 0 Å². The summed E-state index contributed by atoms with van der Waals surface area (Å²) >= 11 is 1.85. The van der Waals surface area contributed by atoms with Crippen LogP contribution in [0.4, 0.5) is 0 Å². The number of thiophene rings is 1. The molecule has 1 N–H and O–H groups in total. The molecule has 1 saturated heterocycles. The van der Waals surface area contributed by atoms with Gasteiger partial charge < -0.3 is 10.1 Å². The number of hydrogen-bond donors (Lipinski definition) is 1. The Morgan fingerprint density at radius 1 is 1.59 bits per heavy atom. The number of ether oxygens (including phenoxy) is 1. The molecule has 96 valence electrons. The lowest BCUT2D eigenvalue weighted by Gasteiger charge is -2.34. The second-order valence-electron chi connectivity index (χ2n) is 5.12. The van der Waals surface area contributed by atoms with E-state index in [0.717, 1.165) is 26.0 Å². The lowest BCUT2D eigenvalue weighted by atomic mass is 9.90. The van der Waals surface area contributed by atoms with E-state index in [4.69, 9.17) is 4.74 Å². The van der Waals surface area contributed by atoms with E-state index in [1.165, 1.54) is 16.9 Å². The molecule has 2 rings (SSSR count). The summed E-state index contributed by atoms with van der Waals surface area (Å²) in [6.45, 7) is 8.63. The lowest BCUT2D eigenvalue weighted by molar-refractivity contribution is -0.0116. The molecule has 0 aromatic carbocycles. The van der Waals surface area contributed by atoms with E-state index in [2.05, 4.69) is 37.5 Å². The van der Waals surface area contributed by atoms with Gasteiger partial charge in [0.2, 0.25) is 0 Å². The van der Waals surface area contributed by atoms with Crippen LogP contribution in [-0.2, 0) is 4.74 Å². The summed E-state index contributed by atoms with van der Waals surface area (Å²) in [4.78, 5) is 1.45. The molecule has 0 saturated carbocycles. The molecule has 0 amide bonds. The van der Waals surface area contributed by atoms with E-state index in [1.807, 2.05) is 11.3 Å². The minimum Gasteiger partial charge on any atom is -0.373 e. The van der Waals surface area contributed by atoms with Gasteiger partial charge in [-0.2, -0.15) is 0 Å². The zero-order valence-corrected chi connectivity index (χ0v) is 11.9. The predicted octanol–water partition coefficient (Wildman–Crippen LogP) is 3.67. The molecule has 2 atom stereocenters. The highest BCUT2D eigenvalue weighted by Gasteiger charge is 2.40. The van der Waals surface area contributed by atoms with E-state index < -0.39 is 0 Å². The second-order valence-corrected chi connectivity index (χ2v) is 6.07. The van der Waals surface area contributed by atoms with Gasteiger partial charge in [-0.15, -0.1) is 11.3 Å². The topological polar surface area (TPSA) is 21.3 Å². The summed E-state index contributed by atoms with van der Waals surface area (Å²) < 4.78 is 6.02. The van der Waals surface area contributed by atoms with Crippen molar-refractivity contribution in [2.75, 3.05) is 13.2 Å². The van der Waals surface area contributed by atoms with Crippen molar-refractivity contribution < 1.29 is 4.74 Å². The summed E-state index contributed by atoms with van der Waals surface area (Å²) in [5, 5.41) is 5.86. The van der Waals surface area contributed by atoms with E-state index >= 15 is 0 Å². The van der Waals surface area contributed by atoms with Crippen LogP contribution in [0.5, 0.6) is 0 Å². The summed E-state index contributed by atoms with van der Waals surface area (Å²) in [7, 11) is 0. The quantitative estimate of drug-likeness (QED) is 0.864. The van der Waals surface area contributed by atoms with Crippen LogP contribution in [0.2, 0.25) is 0 Å². The van der Waals surface area contributed by atoms with Gasteiger partial charge in [-0.25, -0.2) is 0 Å². The minimum atomic E-state index is -0.0230. The fourth-order valence-electron chi connectivity index (χ4n) is 2.58. The third-order valence-electron chi connectivity index (χ3n) is 3.62. The van der Waals surface area contributed by atoms with Gasteiger partial charge in [-0.05, 0) is 56.7 Å². The number of rotatable bonds is 5. The Morgan fingerprint density at radius 2 is 2.41 bits per heavy atom. The number of hydrogen-bond acceptors (Lipinski definition) is 3. The van der Waals surface area contributed by atoms with Crippen LogP contribution in [0.1, 0.15) is 49.6 Å². The molecule has 0 radical (unpaired) electrons. The van der Waals surface area contributed by atoms with Crippen molar-refractivity contribution in [3.05, 3.63) is 21.9 Å². The van der Waals surface area contributed by atoms with Gasteiger partial charge in [0.05, 0.1) is 11.6 Å². The van der Waals surface area contributed by atoms with Crippen LogP contribution in [0.3, 0.4) is 0 Å². The molecule has 3 heteroatoms. The average Bonchev–Trinajstić information content (AvgIpc) is 2.90. The fraction of sp³-hybridized carbons (Fsp3) is 0.714. The fourth-order valence-corrected chi connectivity index (χ4v) is 3.72. The molecule has 1 aromatic rings. The van der Waals surface area contributed by atoms with Gasteiger partial charge in [0.1, 0.15) is 0 Å². The summed E-state index contributed by atoms with van der Waals surface area (Å²) in [6, 6.07) is 2.56. The Kier molecular flexibility index (Phi) is 4.23. The SMILES string of the molecule is CCCNC(c1sccc1C)C1(C)CCCO1. The third-order valence-corrected chi connectivity index (χ3v) is 4.71. The van der Waals surface area contributed by atoms with Crippen LogP contribution < -0.4 is 5.32 Å². The summed E-state index contributed by atoms with van der Waals surface area (Å²) in [5.74, 6) is 0. The van der Waals surface area contributed by atoms with Gasteiger partial charge in [0.15, 0.2) is 0 Å². The average molecular weight is 253 g/mol. The lowest BCUT2D eigenvalue weighted by Crippen LogP contribution is -2.41. The van der Waals surface area contributed by atoms with Crippen molar-refractivity contribution in [3.8, 4) is 0 Å². The van der Waals surface area contributed by atoms with Gasteiger partial charge in [0.25, 0.3) is 0 Å². The zero-order chi connectivity index (χ0) is 12.3. The summed E-state index contributed by atoms with van der Waals surface area (Å²) in [5.41, 5.74) is 1.37. The van der Waals surface area contributed by atoms with Crippen LogP contribution in [0.25, 0.3) is 0 Å². The Morgan fingerprint density at radius 3 is 2.94 bits per heavy atom. The molecule has 0 spiro atoms. The zero-order valence-electron chi connectivity index (χ0n) is 11.1. The number of aryl methyl sites for hydroxylation is 1. The molecule has 1 aliphatic rings. The first kappa shape index (κ1) is 13.1. The first-order valence-corrected chi connectivity index (χ1v) is 7.46. The van der Waals surface area contributed by atoms with Gasteiger partial charge in [0, 0.05) is 11.5 Å². The molecule has 17 heavy (non-hydrogen) atoms. The minimum absolute atomic E-state index is 0.0230. The van der Waals surface area contributed by atoms with Gasteiger partial charge >= 0.3 is 0 Å². The largest absolute Gasteiger partial charge is 0.373 e. The van der Waals surface area contributed by atoms with E-state index in [1.54, 1.807) is 0 Å². The normalized spacial score (nSPS) is 26.3. The molecular weight excluding hydrogens is 230 g/mol. The van der Waals surface area contributed by atoms with Crippen molar-refractivity contribution in [3.63, 3.8) is 0 Å². The van der Waals surface area contributed by atoms with Crippen LogP contribution >= 0.6 is 11.3 Å². The van der Waals surface area contributed by atoms with Crippen molar-refractivity contribution in [1.82, 2.24) is 5.32 Å². The van der Waals surface area contributed by atoms with E-state index in [0.29, 0.717) is 6.04 Å². The smallest absolute Gasteiger partial charge is 0.0857 e. The molecule has 2 unspecified atom stereocenters. The third kappa shape index (κ3) is 2.72. The summed E-state index contributed by atoms with van der Waals surface area (Å²) in [6.07, 6.45) is 3.51. The first-order valence-electron chi connectivity index (χ1n) is 6.58. The molecule has 2 heterocycles. The highest BCUT2D eigenvalue weighted by Crippen LogP contribution is 2.40. The maximum Gasteiger partial charge on any atom is 0.0857 e. The Balaban J connectivity index is 2.21. The standard InChI is InChI=1S/C14H23NOS/c1-4-8-15-13(12-11(2)6-10-17-12)14(3)7-5-9-16-14/h6,10,13,15H,4-5,7-9H2,1-3H3. The van der Waals surface area contributed by atoms with E-state index in [9.17, 15) is 0 Å². The highest BCUT2D eigenvalue weighted by molar-refractivity contribution is 7.10. The molecule has 1 fully saturated rings. The Hall–Kier alpha value is -0.380. The second kappa shape index (κ2) is 5.51. The molecule has 0 aliphatic carbocycles. The highest BCUT2D eigenvalue weighted by atomic mass is 32.1. The van der Waals surface area contributed by atoms with Gasteiger partial charge in [-0.1, -0.05) is 6.92 Å². The van der Waals surface area contributed by atoms with E-state index in [-0.39, 0.29) is 5.60 Å². The Labute approximate surface area is 108 Å². The van der Waals surface area contributed by atoms with Gasteiger partial charge in [-0.3, -0.25) is 0 Å². The molecule has 0 bridgehead atoms. The molecule has 1 aliphatic heterocycles. The molecule has 1 aromatic heterocycles. The van der Waals surface area contributed by atoms with Crippen molar-refractivity contribution in [2.45, 2.75) is 51.7 Å².